The molecule has 1 amide bonds. The molecule has 0 fully saturated rings. The molecule has 0 saturated heterocycles. The second-order valence-electron chi connectivity index (χ2n) is 8.57. The highest BCUT2D eigenvalue weighted by atomic mass is 16.5. The number of carbonyl (C=O) groups is 2. The zero-order chi connectivity index (χ0) is 24.1. The van der Waals surface area contributed by atoms with Crippen molar-refractivity contribution in [2.24, 2.45) is 0 Å². The number of hydrogen-bond acceptors (Lipinski definition) is 5. The molecule has 0 radical (unpaired) electrons. The zero-order valence-corrected chi connectivity index (χ0v) is 19.8. The highest BCUT2D eigenvalue weighted by Crippen LogP contribution is 2.46. The van der Waals surface area contributed by atoms with E-state index in [0.29, 0.717) is 42.3 Å². The zero-order valence-electron chi connectivity index (χ0n) is 19.8. The van der Waals surface area contributed by atoms with Gasteiger partial charge < -0.3 is 24.3 Å². The van der Waals surface area contributed by atoms with Gasteiger partial charge in [0.1, 0.15) is 11.5 Å². The number of benzene rings is 3. The number of carboxylic acid groups (broad SMARTS) is 1. The maximum absolute atomic E-state index is 13.7. The quantitative estimate of drug-likeness (QED) is 0.389. The van der Waals surface area contributed by atoms with Gasteiger partial charge in [-0.2, -0.15) is 0 Å². The number of carbonyl (C=O) groups excluding carboxylic acids is 2. The van der Waals surface area contributed by atoms with E-state index in [4.69, 9.17) is 9.47 Å². The third kappa shape index (κ3) is 4.72. The first-order valence-corrected chi connectivity index (χ1v) is 12.0. The maximum Gasteiger partial charge on any atom is 0.262 e. The van der Waals surface area contributed by atoms with Crippen LogP contribution in [0.5, 0.6) is 11.5 Å². The van der Waals surface area contributed by atoms with Crippen LogP contribution < -0.4 is 19.5 Å². The van der Waals surface area contributed by atoms with Crippen molar-refractivity contribution in [2.45, 2.75) is 52.5 Å². The van der Waals surface area contributed by atoms with Crippen molar-refractivity contribution >= 4 is 28.3 Å². The first kappa shape index (κ1) is 23.6. The lowest BCUT2D eigenvalue weighted by atomic mass is 9.99. The third-order valence-corrected chi connectivity index (χ3v) is 6.08. The molecule has 178 valence electrons. The van der Waals surface area contributed by atoms with Crippen LogP contribution in [-0.2, 0) is 17.8 Å². The van der Waals surface area contributed by atoms with Gasteiger partial charge in [-0.15, -0.1) is 0 Å². The molecule has 0 spiro atoms. The van der Waals surface area contributed by atoms with E-state index in [1.807, 2.05) is 24.3 Å². The Morgan fingerprint density at radius 1 is 0.912 bits per heavy atom. The Balaban J connectivity index is 1.79. The normalized spacial score (nSPS) is 12.8. The summed E-state index contributed by atoms with van der Waals surface area (Å²) in [6, 6.07) is 14.9. The lowest BCUT2D eigenvalue weighted by Gasteiger charge is -2.17. The summed E-state index contributed by atoms with van der Waals surface area (Å²) in [5.74, 6) is 0.0846. The average Bonchev–Trinajstić information content (AvgIpc) is 3.17. The third-order valence-electron chi connectivity index (χ3n) is 6.08. The Bertz CT molecular complexity index is 1190. The lowest BCUT2D eigenvalue weighted by Crippen LogP contribution is -2.25. The van der Waals surface area contributed by atoms with Crippen LogP contribution in [0, 0.1) is 0 Å². The average molecular weight is 461 g/mol. The molecule has 0 aliphatic carbocycles. The van der Waals surface area contributed by atoms with Crippen molar-refractivity contribution in [1.29, 1.82) is 0 Å². The molecule has 0 saturated carbocycles. The van der Waals surface area contributed by atoms with Gasteiger partial charge in [-0.1, -0.05) is 63.1 Å². The summed E-state index contributed by atoms with van der Waals surface area (Å²) in [6.07, 6.45) is 3.67. The topological polar surface area (TPSA) is 78.9 Å². The molecular formula is C28H30NO5-. The molecule has 6 nitrogen and oxygen atoms in total. The highest BCUT2D eigenvalue weighted by Gasteiger charge is 2.36. The fraction of sp³-hybridized carbons (Fsp3) is 0.357. The molecule has 34 heavy (non-hydrogen) atoms. The van der Waals surface area contributed by atoms with Crippen LogP contribution in [0.3, 0.4) is 0 Å². The summed E-state index contributed by atoms with van der Waals surface area (Å²) in [5.41, 5.74) is 2.72. The van der Waals surface area contributed by atoms with E-state index in [0.717, 1.165) is 47.8 Å². The molecule has 0 aromatic heterocycles. The molecule has 6 heteroatoms. The minimum Gasteiger partial charge on any atom is -0.550 e. The van der Waals surface area contributed by atoms with Gasteiger partial charge in [-0.3, -0.25) is 4.79 Å². The lowest BCUT2D eigenvalue weighted by molar-refractivity contribution is -0.304. The van der Waals surface area contributed by atoms with E-state index in [-0.39, 0.29) is 12.3 Å². The SMILES string of the molecule is CCCCOc1c2c(c(OCCCC)c3ccccc13)C(=O)N(c1ccc(CC(=O)[O-])cc1)C2. The standard InChI is InChI=1S/C28H31NO5/c1-3-5-15-33-26-21-9-7-8-10-22(21)27(34-16-6-4-2)25-23(26)18-29(28(25)32)20-13-11-19(12-14-20)17-24(30)31/h7-14H,3-6,15-18H2,1-2H3,(H,30,31)/p-1. The fourth-order valence-corrected chi connectivity index (χ4v) is 4.29. The van der Waals surface area contributed by atoms with Crippen LogP contribution in [0.15, 0.2) is 48.5 Å². The maximum atomic E-state index is 13.7. The summed E-state index contributed by atoms with van der Waals surface area (Å²) >= 11 is 0. The Kier molecular flexibility index (Phi) is 7.36. The Morgan fingerprint density at radius 3 is 2.09 bits per heavy atom. The van der Waals surface area contributed by atoms with E-state index in [1.54, 1.807) is 29.2 Å². The smallest absolute Gasteiger partial charge is 0.262 e. The van der Waals surface area contributed by atoms with Crippen molar-refractivity contribution in [3.05, 3.63) is 65.2 Å². The molecule has 0 bridgehead atoms. The van der Waals surface area contributed by atoms with Crippen LogP contribution in [0.4, 0.5) is 5.69 Å². The highest BCUT2D eigenvalue weighted by molar-refractivity contribution is 6.16. The molecule has 1 aliphatic heterocycles. The molecular weight excluding hydrogens is 430 g/mol. The molecule has 1 aliphatic rings. The van der Waals surface area contributed by atoms with Crippen LogP contribution in [0.1, 0.15) is 61.0 Å². The number of amides is 1. The van der Waals surface area contributed by atoms with Crippen LogP contribution in [0.25, 0.3) is 10.8 Å². The molecule has 0 atom stereocenters. The Hall–Kier alpha value is -3.54. The van der Waals surface area contributed by atoms with E-state index in [9.17, 15) is 14.7 Å². The van der Waals surface area contributed by atoms with Crippen molar-refractivity contribution < 1.29 is 24.2 Å². The molecule has 0 N–H and O–H groups in total. The van der Waals surface area contributed by atoms with Gasteiger partial charge in [-0.05, 0) is 30.5 Å². The minimum absolute atomic E-state index is 0.139. The predicted molar refractivity (Wildman–Crippen MR) is 130 cm³/mol. The number of hydrogen-bond donors (Lipinski definition) is 0. The van der Waals surface area contributed by atoms with Crippen LogP contribution in [0.2, 0.25) is 0 Å². The number of unbranched alkanes of at least 4 members (excludes halogenated alkanes) is 2. The van der Waals surface area contributed by atoms with Gasteiger partial charge in [0.25, 0.3) is 5.91 Å². The Labute approximate surface area is 200 Å². The van der Waals surface area contributed by atoms with Crippen LogP contribution in [-0.4, -0.2) is 25.1 Å². The molecule has 3 aromatic carbocycles. The van der Waals surface area contributed by atoms with Gasteiger partial charge in [0, 0.05) is 34.4 Å². The number of aliphatic carboxylic acids is 1. The minimum atomic E-state index is -1.13. The second kappa shape index (κ2) is 10.6. The van der Waals surface area contributed by atoms with Crippen LogP contribution >= 0.6 is 0 Å². The van der Waals surface area contributed by atoms with Gasteiger partial charge in [0.05, 0.1) is 25.3 Å². The first-order valence-electron chi connectivity index (χ1n) is 12.0. The van der Waals surface area contributed by atoms with Crippen molar-refractivity contribution in [1.82, 2.24) is 0 Å². The fourth-order valence-electron chi connectivity index (χ4n) is 4.29. The van der Waals surface area contributed by atoms with Crippen molar-refractivity contribution in [3.63, 3.8) is 0 Å². The summed E-state index contributed by atoms with van der Waals surface area (Å²) in [4.78, 5) is 26.3. The van der Waals surface area contributed by atoms with Gasteiger partial charge in [0.2, 0.25) is 0 Å². The number of carboxylic acids is 1. The Morgan fingerprint density at radius 2 is 1.50 bits per heavy atom. The summed E-state index contributed by atoms with van der Waals surface area (Å²) < 4.78 is 12.5. The molecule has 3 aromatic rings. The number of ether oxygens (including phenoxy) is 2. The number of fused-ring (bicyclic) bond motifs is 2. The molecule has 1 heterocycles. The van der Waals surface area contributed by atoms with Gasteiger partial charge >= 0.3 is 0 Å². The van der Waals surface area contributed by atoms with E-state index >= 15 is 0 Å². The predicted octanol–water partition coefficient (Wildman–Crippen LogP) is 4.65. The summed E-state index contributed by atoms with van der Waals surface area (Å²) in [5, 5.41) is 12.7. The molecule has 4 rings (SSSR count). The number of nitrogens with zero attached hydrogens (tertiary/aromatic N) is 1. The number of anilines is 1. The van der Waals surface area contributed by atoms with E-state index < -0.39 is 5.97 Å². The van der Waals surface area contributed by atoms with Gasteiger partial charge in [0.15, 0.2) is 0 Å². The monoisotopic (exact) mass is 460 g/mol. The summed E-state index contributed by atoms with van der Waals surface area (Å²) in [7, 11) is 0. The first-order chi connectivity index (χ1) is 16.5. The van der Waals surface area contributed by atoms with E-state index in [1.165, 1.54) is 0 Å². The second-order valence-corrected chi connectivity index (χ2v) is 8.57. The van der Waals surface area contributed by atoms with Crippen molar-refractivity contribution in [2.75, 3.05) is 18.1 Å². The number of rotatable bonds is 11. The summed E-state index contributed by atoms with van der Waals surface area (Å²) in [6.45, 7) is 5.70. The van der Waals surface area contributed by atoms with Crippen molar-refractivity contribution in [3.8, 4) is 11.5 Å². The molecule has 0 unspecified atom stereocenters. The van der Waals surface area contributed by atoms with Gasteiger partial charge in [-0.25, -0.2) is 0 Å². The largest absolute Gasteiger partial charge is 0.550 e. The van der Waals surface area contributed by atoms with E-state index in [2.05, 4.69) is 13.8 Å².